The van der Waals surface area contributed by atoms with E-state index in [1.165, 1.54) is 19.1 Å². The quantitative estimate of drug-likeness (QED) is 0.382. The summed E-state index contributed by atoms with van der Waals surface area (Å²) in [6.45, 7) is 0.692. The second-order valence-electron chi connectivity index (χ2n) is 5.23. The first-order chi connectivity index (χ1) is 11.3. The fourth-order valence-corrected chi connectivity index (χ4v) is 2.18. The molecule has 1 saturated heterocycles. The van der Waals surface area contributed by atoms with Crippen LogP contribution in [-0.2, 0) is 14.3 Å². The van der Waals surface area contributed by atoms with Gasteiger partial charge in [-0.15, -0.1) is 0 Å². The summed E-state index contributed by atoms with van der Waals surface area (Å²) >= 11 is 0. The Kier molecular flexibility index (Phi) is 5.86. The fraction of sp³-hybridized carbons (Fsp3) is 0.467. The summed E-state index contributed by atoms with van der Waals surface area (Å²) in [5.41, 5.74) is -0.0147. The Balaban J connectivity index is 2.02. The van der Waals surface area contributed by atoms with Crippen LogP contribution >= 0.6 is 0 Å². The molecule has 2 rings (SSSR count). The second-order valence-corrected chi connectivity index (χ2v) is 5.23. The van der Waals surface area contributed by atoms with Crippen molar-refractivity contribution in [3.8, 4) is 5.75 Å². The van der Waals surface area contributed by atoms with Crippen LogP contribution in [0.4, 0.5) is 0 Å². The van der Waals surface area contributed by atoms with Gasteiger partial charge in [0.05, 0.1) is 0 Å². The number of para-hydroxylation sites is 1. The third-order valence-electron chi connectivity index (χ3n) is 3.43. The number of hydrogen-bond acceptors (Lipinski definition) is 9. The molecule has 9 nitrogen and oxygen atoms in total. The van der Waals surface area contributed by atoms with E-state index in [9.17, 15) is 30.0 Å². The van der Waals surface area contributed by atoms with Gasteiger partial charge in [0.2, 0.25) is 0 Å². The lowest BCUT2D eigenvalue weighted by atomic mass is 9.99. The molecule has 1 aromatic rings. The molecule has 1 aromatic carbocycles. The minimum Gasteiger partial charge on any atom is -0.459 e. The van der Waals surface area contributed by atoms with Gasteiger partial charge in [0, 0.05) is 6.92 Å². The lowest BCUT2D eigenvalue weighted by Crippen LogP contribution is -2.58. The number of carbonyl (C=O) groups is 2. The van der Waals surface area contributed by atoms with Gasteiger partial charge in [-0.2, -0.15) is 0 Å². The summed E-state index contributed by atoms with van der Waals surface area (Å²) < 4.78 is 14.8. The highest BCUT2D eigenvalue weighted by molar-refractivity contribution is 5.93. The number of aliphatic hydroxyl groups is 4. The fourth-order valence-electron chi connectivity index (χ4n) is 2.18. The molecule has 132 valence electrons. The highest BCUT2D eigenvalue weighted by Crippen LogP contribution is 2.22. The third-order valence-corrected chi connectivity index (χ3v) is 3.43. The lowest BCUT2D eigenvalue weighted by Gasteiger charge is -2.37. The maximum atomic E-state index is 12.1. The summed E-state index contributed by atoms with van der Waals surface area (Å²) in [6, 6.07) is 5.90. The van der Waals surface area contributed by atoms with Crippen LogP contribution in [0.5, 0.6) is 5.75 Å². The number of rotatable bonds is 4. The molecule has 1 fully saturated rings. The molecule has 0 aliphatic carbocycles. The van der Waals surface area contributed by atoms with Crippen molar-refractivity contribution in [2.24, 2.45) is 0 Å². The van der Waals surface area contributed by atoms with Crippen LogP contribution in [0.15, 0.2) is 24.3 Å². The summed E-state index contributed by atoms with van der Waals surface area (Å²) in [7, 11) is 0. The van der Waals surface area contributed by atoms with Gasteiger partial charge in [0.15, 0.2) is 6.29 Å². The van der Waals surface area contributed by atoms with E-state index < -0.39 is 49.3 Å². The molecule has 0 aromatic heterocycles. The van der Waals surface area contributed by atoms with Crippen LogP contribution in [0.3, 0.4) is 0 Å². The zero-order valence-electron chi connectivity index (χ0n) is 12.7. The Morgan fingerprint density at radius 3 is 2.42 bits per heavy atom. The molecule has 1 unspecified atom stereocenters. The highest BCUT2D eigenvalue weighted by atomic mass is 16.6. The highest BCUT2D eigenvalue weighted by Gasteiger charge is 2.43. The van der Waals surface area contributed by atoms with E-state index in [0.29, 0.717) is 0 Å². The van der Waals surface area contributed by atoms with Gasteiger partial charge in [-0.3, -0.25) is 4.79 Å². The van der Waals surface area contributed by atoms with E-state index in [1.807, 2.05) is 0 Å². The average molecular weight is 342 g/mol. The predicted octanol–water partition coefficient (Wildman–Crippen LogP) is -1.43. The topological polar surface area (TPSA) is 143 Å². The molecular weight excluding hydrogens is 324 g/mol. The number of esters is 2. The first-order valence-electron chi connectivity index (χ1n) is 7.13. The van der Waals surface area contributed by atoms with E-state index in [0.717, 1.165) is 0 Å². The second kappa shape index (κ2) is 7.69. The van der Waals surface area contributed by atoms with E-state index in [1.54, 1.807) is 12.1 Å². The minimum absolute atomic E-state index is 0.00982. The van der Waals surface area contributed by atoms with E-state index in [4.69, 9.17) is 14.2 Å². The van der Waals surface area contributed by atoms with Crippen LogP contribution in [0.2, 0.25) is 0 Å². The van der Waals surface area contributed by atoms with Gasteiger partial charge in [-0.25, -0.2) is 4.79 Å². The summed E-state index contributed by atoms with van der Waals surface area (Å²) in [5, 5.41) is 38.1. The summed E-state index contributed by atoms with van der Waals surface area (Å²) in [4.78, 5) is 23.1. The molecule has 4 N–H and O–H groups in total. The minimum atomic E-state index is -1.72. The van der Waals surface area contributed by atoms with E-state index >= 15 is 0 Å². The third kappa shape index (κ3) is 4.08. The Hall–Kier alpha value is -2.04. The molecular formula is C15H18O9. The SMILES string of the molecule is CC(=O)Oc1ccccc1C(=O)OC[C@H]1OC(O)[C@H](O)[C@@H](O)[C@H]1O. The number of benzene rings is 1. The van der Waals surface area contributed by atoms with Crippen molar-refractivity contribution in [1.82, 2.24) is 0 Å². The molecule has 5 atom stereocenters. The van der Waals surface area contributed by atoms with Gasteiger partial charge < -0.3 is 34.6 Å². The van der Waals surface area contributed by atoms with E-state index in [2.05, 4.69) is 0 Å². The number of hydrogen-bond donors (Lipinski definition) is 4. The smallest absolute Gasteiger partial charge is 0.342 e. The normalized spacial score (nSPS) is 29.8. The molecule has 0 amide bonds. The van der Waals surface area contributed by atoms with Gasteiger partial charge >= 0.3 is 11.9 Å². The van der Waals surface area contributed by atoms with Crippen molar-refractivity contribution in [3.05, 3.63) is 29.8 Å². The Morgan fingerprint density at radius 2 is 1.75 bits per heavy atom. The van der Waals surface area contributed by atoms with Crippen molar-refractivity contribution in [2.75, 3.05) is 6.61 Å². The van der Waals surface area contributed by atoms with E-state index in [-0.39, 0.29) is 11.3 Å². The number of aliphatic hydroxyl groups excluding tert-OH is 4. The molecule has 0 spiro atoms. The standard InChI is InChI=1S/C15H18O9/c1-7(16)23-9-5-3-2-4-8(9)14(20)22-6-10-11(17)12(18)13(19)15(21)24-10/h2-5,10-13,15,17-19,21H,6H2,1H3/t10-,11+,12+,13-,15?/m1/s1. The van der Waals surface area contributed by atoms with Gasteiger partial charge in [-0.05, 0) is 12.1 Å². The van der Waals surface area contributed by atoms with Crippen LogP contribution < -0.4 is 4.74 Å². The largest absolute Gasteiger partial charge is 0.459 e. The van der Waals surface area contributed by atoms with Gasteiger partial charge in [0.1, 0.15) is 42.3 Å². The maximum Gasteiger partial charge on any atom is 0.342 e. The van der Waals surface area contributed by atoms with Crippen LogP contribution in [0, 0.1) is 0 Å². The Morgan fingerprint density at radius 1 is 1.08 bits per heavy atom. The average Bonchev–Trinajstić information content (AvgIpc) is 2.54. The molecule has 1 aliphatic heterocycles. The number of carbonyl (C=O) groups excluding carboxylic acids is 2. The zero-order valence-corrected chi connectivity index (χ0v) is 12.7. The Bertz CT molecular complexity index is 602. The van der Waals surface area contributed by atoms with Crippen molar-refractivity contribution >= 4 is 11.9 Å². The molecule has 0 bridgehead atoms. The zero-order chi connectivity index (χ0) is 17.9. The molecule has 0 radical (unpaired) electrons. The summed E-state index contributed by atoms with van der Waals surface area (Å²) in [5.74, 6) is -1.45. The molecule has 1 aliphatic rings. The first-order valence-corrected chi connectivity index (χ1v) is 7.13. The van der Waals surface area contributed by atoms with Crippen molar-refractivity contribution in [1.29, 1.82) is 0 Å². The van der Waals surface area contributed by atoms with Crippen LogP contribution in [0.1, 0.15) is 17.3 Å². The van der Waals surface area contributed by atoms with Crippen molar-refractivity contribution in [3.63, 3.8) is 0 Å². The van der Waals surface area contributed by atoms with Gasteiger partial charge in [0.25, 0.3) is 0 Å². The monoisotopic (exact) mass is 342 g/mol. The summed E-state index contributed by atoms with van der Waals surface area (Å²) in [6.07, 6.45) is -7.83. The lowest BCUT2D eigenvalue weighted by molar-refractivity contribution is -0.286. The molecule has 0 saturated carbocycles. The first kappa shape index (κ1) is 18.3. The van der Waals surface area contributed by atoms with Crippen LogP contribution in [0.25, 0.3) is 0 Å². The van der Waals surface area contributed by atoms with Crippen molar-refractivity contribution < 1.29 is 44.2 Å². The Labute approximate surface area is 137 Å². The molecule has 1 heterocycles. The maximum absolute atomic E-state index is 12.1. The number of ether oxygens (including phenoxy) is 3. The van der Waals surface area contributed by atoms with Gasteiger partial charge in [-0.1, -0.05) is 12.1 Å². The molecule has 24 heavy (non-hydrogen) atoms. The van der Waals surface area contributed by atoms with Crippen molar-refractivity contribution in [2.45, 2.75) is 37.6 Å². The predicted molar refractivity (Wildman–Crippen MR) is 76.9 cm³/mol. The van der Waals surface area contributed by atoms with Crippen LogP contribution in [-0.4, -0.2) is 69.7 Å². The molecule has 9 heteroatoms.